The van der Waals surface area contributed by atoms with Crippen LogP contribution in [0.5, 0.6) is 0 Å². The maximum absolute atomic E-state index is 10.4. The lowest BCUT2D eigenvalue weighted by Gasteiger charge is -2.00. The van der Waals surface area contributed by atoms with Gasteiger partial charge in [0.15, 0.2) is 0 Å². The maximum Gasteiger partial charge on any atom is 0.303 e. The van der Waals surface area contributed by atoms with Gasteiger partial charge in [-0.05, 0) is 25.7 Å². The molecule has 0 fully saturated rings. The van der Waals surface area contributed by atoms with Crippen molar-refractivity contribution in [2.75, 3.05) is 0 Å². The lowest BCUT2D eigenvalue weighted by atomic mass is 10.2. The molecule has 0 heterocycles. The van der Waals surface area contributed by atoms with E-state index in [0.29, 0.717) is 12.8 Å². The number of aliphatic hydroxyl groups excluding tert-OH is 3. The topological polar surface area (TPSA) is 98.0 Å². The molecule has 5 nitrogen and oxygen atoms in total. The Balaban J connectivity index is 4.01. The van der Waals surface area contributed by atoms with Crippen LogP contribution in [0.15, 0.2) is 72.9 Å². The number of carboxylic acid groups (broad SMARTS) is 1. The Morgan fingerprint density at radius 2 is 1.26 bits per heavy atom. The summed E-state index contributed by atoms with van der Waals surface area (Å²) in [5.41, 5.74) is 0. The molecule has 0 amide bonds. The molecular weight excluding hydrogens is 344 g/mol. The van der Waals surface area contributed by atoms with Gasteiger partial charge in [0, 0.05) is 6.42 Å². The van der Waals surface area contributed by atoms with E-state index in [1.165, 1.54) is 6.08 Å². The molecule has 1 unspecified atom stereocenters. The van der Waals surface area contributed by atoms with Gasteiger partial charge in [-0.2, -0.15) is 0 Å². The third kappa shape index (κ3) is 18.4. The Morgan fingerprint density at radius 3 is 1.81 bits per heavy atom. The minimum absolute atomic E-state index is 0.0705. The van der Waals surface area contributed by atoms with E-state index in [2.05, 4.69) is 0 Å². The van der Waals surface area contributed by atoms with E-state index in [1.807, 2.05) is 25.2 Å². The molecule has 3 atom stereocenters. The maximum atomic E-state index is 10.4. The van der Waals surface area contributed by atoms with E-state index < -0.39 is 24.3 Å². The van der Waals surface area contributed by atoms with E-state index in [1.54, 1.807) is 48.6 Å². The van der Waals surface area contributed by atoms with E-state index in [4.69, 9.17) is 5.11 Å². The van der Waals surface area contributed by atoms with Crippen molar-refractivity contribution in [3.63, 3.8) is 0 Å². The third-order valence-corrected chi connectivity index (χ3v) is 3.39. The fourth-order valence-corrected chi connectivity index (χ4v) is 1.93. The highest BCUT2D eigenvalue weighted by Gasteiger charge is 2.02. The molecule has 0 aromatic rings. The number of allylic oxidation sites excluding steroid dienone is 7. The molecule has 0 aliphatic rings. The van der Waals surface area contributed by atoms with Gasteiger partial charge in [-0.3, -0.25) is 4.79 Å². The van der Waals surface area contributed by atoms with Crippen LogP contribution in [-0.2, 0) is 4.79 Å². The predicted molar refractivity (Wildman–Crippen MR) is 109 cm³/mol. The van der Waals surface area contributed by atoms with E-state index in [-0.39, 0.29) is 12.8 Å². The van der Waals surface area contributed by atoms with Gasteiger partial charge in [-0.15, -0.1) is 0 Å². The summed E-state index contributed by atoms with van der Waals surface area (Å²) in [5, 5.41) is 37.5. The molecule has 150 valence electrons. The van der Waals surface area contributed by atoms with Gasteiger partial charge in [0.05, 0.1) is 18.3 Å². The number of rotatable bonds is 14. The number of hydrogen-bond acceptors (Lipinski definition) is 4. The lowest BCUT2D eigenvalue weighted by molar-refractivity contribution is -0.137. The number of carbonyl (C=O) groups is 1. The smallest absolute Gasteiger partial charge is 0.303 e. The minimum atomic E-state index is -0.931. The molecular formula is C22H32O5. The van der Waals surface area contributed by atoms with Crippen molar-refractivity contribution in [3.05, 3.63) is 72.9 Å². The first-order chi connectivity index (χ1) is 13.0. The first-order valence-electron chi connectivity index (χ1n) is 9.21. The van der Waals surface area contributed by atoms with Gasteiger partial charge in [0.25, 0.3) is 0 Å². The summed E-state index contributed by atoms with van der Waals surface area (Å²) in [6.45, 7) is 2.04. The zero-order chi connectivity index (χ0) is 20.3. The number of hydrogen-bond donors (Lipinski definition) is 4. The third-order valence-electron chi connectivity index (χ3n) is 3.39. The SMILES string of the molecule is CC/C=C\C[C@H](O)/C=C/C=C\CC(O)/C=C/C=C/C=C/[C@@H](O)CCC(=O)O. The number of aliphatic carboxylic acids is 1. The normalized spacial score (nSPS) is 16.6. The van der Waals surface area contributed by atoms with Gasteiger partial charge in [0.2, 0.25) is 0 Å². The Morgan fingerprint density at radius 1 is 0.741 bits per heavy atom. The van der Waals surface area contributed by atoms with Crippen molar-refractivity contribution in [2.24, 2.45) is 0 Å². The van der Waals surface area contributed by atoms with E-state index >= 15 is 0 Å². The molecule has 0 saturated heterocycles. The van der Waals surface area contributed by atoms with Crippen LogP contribution in [-0.4, -0.2) is 44.7 Å². The number of aliphatic hydroxyl groups is 3. The quantitative estimate of drug-likeness (QED) is 0.275. The molecule has 27 heavy (non-hydrogen) atoms. The lowest BCUT2D eigenvalue weighted by Crippen LogP contribution is -2.05. The largest absolute Gasteiger partial charge is 0.481 e. The van der Waals surface area contributed by atoms with Crippen LogP contribution in [0.1, 0.15) is 39.0 Å². The summed E-state index contributed by atoms with van der Waals surface area (Å²) in [4.78, 5) is 10.4. The summed E-state index contributed by atoms with van der Waals surface area (Å²) in [7, 11) is 0. The first kappa shape index (κ1) is 24.8. The first-order valence-corrected chi connectivity index (χ1v) is 9.21. The molecule has 0 spiro atoms. The van der Waals surface area contributed by atoms with Crippen LogP contribution in [0.2, 0.25) is 0 Å². The van der Waals surface area contributed by atoms with Crippen molar-refractivity contribution < 1.29 is 25.2 Å². The van der Waals surface area contributed by atoms with Crippen LogP contribution in [0, 0.1) is 0 Å². The fraction of sp³-hybridized carbons (Fsp3) is 0.409. The van der Waals surface area contributed by atoms with Crippen LogP contribution < -0.4 is 0 Å². The van der Waals surface area contributed by atoms with Gasteiger partial charge < -0.3 is 20.4 Å². The van der Waals surface area contributed by atoms with Gasteiger partial charge >= 0.3 is 5.97 Å². The molecule has 0 saturated carbocycles. The summed E-state index contributed by atoms with van der Waals surface area (Å²) >= 11 is 0. The van der Waals surface area contributed by atoms with Crippen molar-refractivity contribution in [3.8, 4) is 0 Å². The Kier molecular flexibility index (Phi) is 15.8. The minimum Gasteiger partial charge on any atom is -0.481 e. The highest BCUT2D eigenvalue weighted by atomic mass is 16.4. The summed E-state index contributed by atoms with van der Waals surface area (Å²) in [5.74, 6) is -0.931. The average molecular weight is 376 g/mol. The summed E-state index contributed by atoms with van der Waals surface area (Å²) < 4.78 is 0. The van der Waals surface area contributed by atoms with Crippen molar-refractivity contribution in [1.82, 2.24) is 0 Å². The average Bonchev–Trinajstić information content (AvgIpc) is 2.62. The second-order valence-electron chi connectivity index (χ2n) is 5.95. The Labute approximate surface area is 162 Å². The van der Waals surface area contributed by atoms with Gasteiger partial charge in [0.1, 0.15) is 0 Å². The Bertz CT molecular complexity index is 555. The van der Waals surface area contributed by atoms with Gasteiger partial charge in [-0.1, -0.05) is 79.8 Å². The predicted octanol–water partition coefficient (Wildman–Crippen LogP) is 3.46. The monoisotopic (exact) mass is 376 g/mol. The zero-order valence-electron chi connectivity index (χ0n) is 15.9. The van der Waals surface area contributed by atoms with Crippen LogP contribution in [0.4, 0.5) is 0 Å². The second kappa shape index (κ2) is 17.2. The molecule has 0 aromatic carbocycles. The molecule has 0 aliphatic carbocycles. The van der Waals surface area contributed by atoms with Crippen molar-refractivity contribution in [1.29, 1.82) is 0 Å². The molecule has 0 bridgehead atoms. The summed E-state index contributed by atoms with van der Waals surface area (Å²) in [6.07, 6.45) is 21.2. The zero-order valence-corrected chi connectivity index (χ0v) is 15.9. The highest BCUT2D eigenvalue weighted by Crippen LogP contribution is 2.00. The molecule has 4 N–H and O–H groups in total. The summed E-state index contributed by atoms with van der Waals surface area (Å²) in [6, 6.07) is 0. The van der Waals surface area contributed by atoms with E-state index in [9.17, 15) is 20.1 Å². The number of carboxylic acids is 1. The molecule has 0 aliphatic heterocycles. The second-order valence-corrected chi connectivity index (χ2v) is 5.95. The fourth-order valence-electron chi connectivity index (χ4n) is 1.93. The van der Waals surface area contributed by atoms with Gasteiger partial charge in [-0.25, -0.2) is 0 Å². The highest BCUT2D eigenvalue weighted by molar-refractivity contribution is 5.66. The van der Waals surface area contributed by atoms with Crippen molar-refractivity contribution >= 4 is 5.97 Å². The molecule has 5 heteroatoms. The standard InChI is InChI=1S/C22H32O5/c1-2-3-7-12-19(23)14-10-6-11-15-20(24)13-8-4-5-9-16-21(25)17-18-22(26)27/h3-11,13-14,16,19-21,23-25H,2,12,15,17-18H2,1H3,(H,26,27)/b5-4+,7-3-,11-6-,13-8+,14-10+,16-9+/t19-,20?,21+/m0/s1. The molecule has 0 rings (SSSR count). The van der Waals surface area contributed by atoms with Crippen LogP contribution in [0.3, 0.4) is 0 Å². The van der Waals surface area contributed by atoms with Crippen LogP contribution >= 0.6 is 0 Å². The Hall–Kier alpha value is -2.21. The van der Waals surface area contributed by atoms with E-state index in [0.717, 1.165) is 6.42 Å². The molecule has 0 aromatic heterocycles. The molecule has 0 radical (unpaired) electrons. The van der Waals surface area contributed by atoms with Crippen molar-refractivity contribution in [2.45, 2.75) is 57.3 Å². The van der Waals surface area contributed by atoms with Crippen LogP contribution in [0.25, 0.3) is 0 Å².